The second kappa shape index (κ2) is 9.55. The highest BCUT2D eigenvalue weighted by molar-refractivity contribution is 5.78. The molecule has 1 aliphatic carbocycles. The van der Waals surface area contributed by atoms with E-state index in [2.05, 4.69) is 27.4 Å². The molecule has 23 heavy (non-hydrogen) atoms. The van der Waals surface area contributed by atoms with Crippen molar-refractivity contribution in [1.29, 1.82) is 0 Å². The van der Waals surface area contributed by atoms with Crippen LogP contribution >= 0.6 is 0 Å². The maximum absolute atomic E-state index is 12.0. The van der Waals surface area contributed by atoms with E-state index in [4.69, 9.17) is 0 Å². The average Bonchev–Trinajstić information content (AvgIpc) is 2.55. The van der Waals surface area contributed by atoms with Crippen molar-refractivity contribution in [2.75, 3.05) is 26.2 Å². The van der Waals surface area contributed by atoms with Crippen LogP contribution in [0.15, 0.2) is 12.7 Å². The molecule has 0 aromatic carbocycles. The third-order valence-corrected chi connectivity index (χ3v) is 4.67. The zero-order chi connectivity index (χ0) is 16.5. The predicted molar refractivity (Wildman–Crippen MR) is 91.2 cm³/mol. The lowest BCUT2D eigenvalue weighted by Gasteiger charge is -2.32. The number of rotatable bonds is 6. The lowest BCUT2D eigenvalue weighted by atomic mass is 9.96. The molecule has 0 aromatic rings. The maximum atomic E-state index is 12.0. The number of nitrogens with zero attached hydrogens (tertiary/aromatic N) is 1. The van der Waals surface area contributed by atoms with Gasteiger partial charge < -0.3 is 16.0 Å². The van der Waals surface area contributed by atoms with Gasteiger partial charge in [0, 0.05) is 31.7 Å². The molecule has 3 amide bonds. The molecule has 0 atom stereocenters. The molecule has 0 unspecified atom stereocenters. The van der Waals surface area contributed by atoms with E-state index in [1.165, 1.54) is 19.3 Å². The van der Waals surface area contributed by atoms with Gasteiger partial charge in [0.15, 0.2) is 0 Å². The van der Waals surface area contributed by atoms with Crippen molar-refractivity contribution >= 4 is 11.9 Å². The zero-order valence-electron chi connectivity index (χ0n) is 14.0. The number of amides is 3. The first-order chi connectivity index (χ1) is 11.2. The minimum absolute atomic E-state index is 0.0286. The lowest BCUT2D eigenvalue weighted by molar-refractivity contribution is -0.122. The van der Waals surface area contributed by atoms with Crippen LogP contribution in [0, 0.1) is 0 Å². The summed E-state index contributed by atoms with van der Waals surface area (Å²) in [5, 5.41) is 8.97. The average molecular weight is 322 g/mol. The number of nitrogens with one attached hydrogen (secondary N) is 3. The fraction of sp³-hybridized carbons (Fsp3) is 0.765. The highest BCUT2D eigenvalue weighted by Crippen LogP contribution is 2.17. The fourth-order valence-corrected chi connectivity index (χ4v) is 3.34. The molecule has 6 nitrogen and oxygen atoms in total. The first kappa shape index (κ1) is 17.8. The molecule has 1 saturated carbocycles. The van der Waals surface area contributed by atoms with Gasteiger partial charge in [-0.3, -0.25) is 9.69 Å². The maximum Gasteiger partial charge on any atom is 0.315 e. The largest absolute Gasteiger partial charge is 0.352 e. The van der Waals surface area contributed by atoms with E-state index in [0.29, 0.717) is 19.1 Å². The van der Waals surface area contributed by atoms with E-state index in [-0.39, 0.29) is 18.0 Å². The molecule has 0 aromatic heterocycles. The minimum atomic E-state index is -0.0286. The van der Waals surface area contributed by atoms with E-state index in [1.807, 2.05) is 0 Å². The Labute approximate surface area is 139 Å². The van der Waals surface area contributed by atoms with Crippen molar-refractivity contribution < 1.29 is 9.59 Å². The highest BCUT2D eigenvalue weighted by atomic mass is 16.2. The molecule has 3 N–H and O–H groups in total. The van der Waals surface area contributed by atoms with Crippen molar-refractivity contribution in [3.05, 3.63) is 12.7 Å². The van der Waals surface area contributed by atoms with Gasteiger partial charge in [-0.2, -0.15) is 0 Å². The number of carbonyl (C=O) groups excluding carboxylic acids is 2. The molecule has 2 aliphatic rings. The summed E-state index contributed by atoms with van der Waals surface area (Å²) >= 11 is 0. The van der Waals surface area contributed by atoms with Crippen LogP contribution < -0.4 is 16.0 Å². The first-order valence-corrected chi connectivity index (χ1v) is 8.84. The van der Waals surface area contributed by atoms with Gasteiger partial charge in [0.1, 0.15) is 0 Å². The molecular weight excluding hydrogens is 292 g/mol. The van der Waals surface area contributed by atoms with Crippen LogP contribution in [0.2, 0.25) is 0 Å². The van der Waals surface area contributed by atoms with Crippen LogP contribution in [-0.4, -0.2) is 55.1 Å². The summed E-state index contributed by atoms with van der Waals surface area (Å²) < 4.78 is 0. The predicted octanol–water partition coefficient (Wildman–Crippen LogP) is 1.38. The van der Waals surface area contributed by atoms with E-state index in [1.54, 1.807) is 6.08 Å². The second-order valence-corrected chi connectivity index (χ2v) is 6.60. The molecule has 2 rings (SSSR count). The zero-order valence-corrected chi connectivity index (χ0v) is 14.0. The SMILES string of the molecule is C=CCNC(=O)CN1CCC(NC(=O)NC2CCCCC2)CC1. The van der Waals surface area contributed by atoms with Crippen LogP contribution in [0.1, 0.15) is 44.9 Å². The third kappa shape index (κ3) is 6.60. The summed E-state index contributed by atoms with van der Waals surface area (Å²) in [6.45, 7) is 6.21. The van der Waals surface area contributed by atoms with Gasteiger partial charge >= 0.3 is 6.03 Å². The van der Waals surface area contributed by atoms with Crippen molar-refractivity contribution in [2.24, 2.45) is 0 Å². The second-order valence-electron chi connectivity index (χ2n) is 6.60. The molecule has 6 heteroatoms. The number of hydrogen-bond donors (Lipinski definition) is 3. The Morgan fingerprint density at radius 1 is 1.00 bits per heavy atom. The Morgan fingerprint density at radius 2 is 1.61 bits per heavy atom. The summed E-state index contributed by atoms with van der Waals surface area (Å²) in [7, 11) is 0. The van der Waals surface area contributed by atoms with Gasteiger partial charge in [-0.15, -0.1) is 6.58 Å². The summed E-state index contributed by atoms with van der Waals surface area (Å²) in [4.78, 5) is 25.9. The molecule has 0 spiro atoms. The van der Waals surface area contributed by atoms with Crippen LogP contribution in [0.4, 0.5) is 4.79 Å². The van der Waals surface area contributed by atoms with Gasteiger partial charge in [-0.05, 0) is 25.7 Å². The van der Waals surface area contributed by atoms with Crippen LogP contribution in [-0.2, 0) is 4.79 Å². The normalized spacial score (nSPS) is 20.7. The molecule has 1 aliphatic heterocycles. The van der Waals surface area contributed by atoms with E-state index < -0.39 is 0 Å². The Morgan fingerprint density at radius 3 is 2.22 bits per heavy atom. The van der Waals surface area contributed by atoms with Crippen molar-refractivity contribution in [1.82, 2.24) is 20.9 Å². The Hall–Kier alpha value is -1.56. The summed E-state index contributed by atoms with van der Waals surface area (Å²) in [6, 6.07) is 0.530. The summed E-state index contributed by atoms with van der Waals surface area (Å²) in [5.74, 6) is 0.0337. The third-order valence-electron chi connectivity index (χ3n) is 4.67. The highest BCUT2D eigenvalue weighted by Gasteiger charge is 2.23. The van der Waals surface area contributed by atoms with Gasteiger partial charge in [0.25, 0.3) is 0 Å². The topological polar surface area (TPSA) is 73.5 Å². The van der Waals surface area contributed by atoms with E-state index in [0.717, 1.165) is 38.8 Å². The molecular formula is C17H30N4O2. The molecule has 1 heterocycles. The Bertz CT molecular complexity index is 399. The van der Waals surface area contributed by atoms with Crippen molar-refractivity contribution in [2.45, 2.75) is 57.0 Å². The standard InChI is InChI=1S/C17H30N4O2/c1-2-10-18-16(22)13-21-11-8-15(9-12-21)20-17(23)19-14-6-4-3-5-7-14/h2,14-15H,1,3-13H2,(H,18,22)(H2,19,20,23). The van der Waals surface area contributed by atoms with Crippen LogP contribution in [0.3, 0.4) is 0 Å². The van der Waals surface area contributed by atoms with Gasteiger partial charge in [-0.1, -0.05) is 25.3 Å². The molecule has 130 valence electrons. The number of urea groups is 1. The molecule has 0 radical (unpaired) electrons. The smallest absolute Gasteiger partial charge is 0.315 e. The molecule has 1 saturated heterocycles. The summed E-state index contributed by atoms with van der Waals surface area (Å²) in [5.41, 5.74) is 0. The molecule has 0 bridgehead atoms. The minimum Gasteiger partial charge on any atom is -0.352 e. The van der Waals surface area contributed by atoms with E-state index in [9.17, 15) is 9.59 Å². The van der Waals surface area contributed by atoms with Gasteiger partial charge in [0.05, 0.1) is 6.54 Å². The van der Waals surface area contributed by atoms with Gasteiger partial charge in [0.2, 0.25) is 5.91 Å². The van der Waals surface area contributed by atoms with Gasteiger partial charge in [-0.25, -0.2) is 4.79 Å². The quantitative estimate of drug-likeness (QED) is 0.647. The summed E-state index contributed by atoms with van der Waals surface area (Å²) in [6.07, 6.45) is 9.41. The number of carbonyl (C=O) groups is 2. The van der Waals surface area contributed by atoms with E-state index >= 15 is 0 Å². The van der Waals surface area contributed by atoms with Crippen LogP contribution in [0.5, 0.6) is 0 Å². The van der Waals surface area contributed by atoms with Crippen LogP contribution in [0.25, 0.3) is 0 Å². The number of likely N-dealkylation sites (tertiary alicyclic amines) is 1. The Kier molecular flexibility index (Phi) is 7.39. The first-order valence-electron chi connectivity index (χ1n) is 8.84. The molecule has 2 fully saturated rings. The number of hydrogen-bond acceptors (Lipinski definition) is 3. The fourth-order valence-electron chi connectivity index (χ4n) is 3.34. The monoisotopic (exact) mass is 322 g/mol. The lowest BCUT2D eigenvalue weighted by Crippen LogP contribution is -2.51. The Balaban J connectivity index is 1.61. The van der Waals surface area contributed by atoms with Crippen molar-refractivity contribution in [3.8, 4) is 0 Å². The number of piperidine rings is 1. The van der Waals surface area contributed by atoms with Crippen molar-refractivity contribution in [3.63, 3.8) is 0 Å².